The van der Waals surface area contributed by atoms with Gasteiger partial charge in [0.15, 0.2) is 10.9 Å². The first-order chi connectivity index (χ1) is 8.20. The molecule has 1 atom stereocenters. The first-order valence-corrected chi connectivity index (χ1v) is 6.09. The van der Waals surface area contributed by atoms with Crippen molar-refractivity contribution >= 4 is 22.4 Å². The molecule has 5 nitrogen and oxygen atoms in total. The summed E-state index contributed by atoms with van der Waals surface area (Å²) in [7, 11) is 0. The van der Waals surface area contributed by atoms with E-state index in [4.69, 9.17) is 10.2 Å². The largest absolute Gasteiger partial charge is 0.463 e. The normalized spacial score (nSPS) is 12.4. The summed E-state index contributed by atoms with van der Waals surface area (Å²) in [5.41, 5.74) is 6.13. The molecule has 2 rings (SSSR count). The average Bonchev–Trinajstić information content (AvgIpc) is 2.97. The zero-order valence-corrected chi connectivity index (χ0v) is 10.2. The monoisotopic (exact) mass is 251 g/mol. The van der Waals surface area contributed by atoms with Crippen molar-refractivity contribution in [1.29, 1.82) is 0 Å². The molecule has 0 spiro atoms. The highest BCUT2D eigenvalue weighted by Gasteiger charge is 2.13. The molecule has 0 aliphatic rings. The Hall–Kier alpha value is -1.66. The molecule has 2 aromatic heterocycles. The molecule has 0 fully saturated rings. The molecular formula is C11H13N3O2S. The highest BCUT2D eigenvalue weighted by Crippen LogP contribution is 2.25. The molecule has 0 saturated carbocycles. The summed E-state index contributed by atoms with van der Waals surface area (Å²) in [4.78, 5) is 15.9. The molecule has 2 aromatic rings. The van der Waals surface area contributed by atoms with Crippen LogP contribution >= 0.6 is 11.3 Å². The van der Waals surface area contributed by atoms with Gasteiger partial charge in [-0.05, 0) is 12.1 Å². The Balaban J connectivity index is 2.07. The van der Waals surface area contributed by atoms with E-state index in [1.54, 1.807) is 19.3 Å². The van der Waals surface area contributed by atoms with Crippen LogP contribution in [0.1, 0.15) is 6.92 Å². The molecule has 0 radical (unpaired) electrons. The fourth-order valence-corrected chi connectivity index (χ4v) is 1.91. The Labute approximate surface area is 103 Å². The van der Waals surface area contributed by atoms with Gasteiger partial charge in [0.2, 0.25) is 5.91 Å². The standard InChI is InChI=1S/C11H13N3O2S/c1-7(5-12)10(15)14-11-13-8(6-17-11)9-3-2-4-16-9/h2-4,6-7H,5,12H2,1H3,(H,13,14,15). The van der Waals surface area contributed by atoms with E-state index in [0.29, 0.717) is 17.4 Å². The molecule has 2 heterocycles. The topological polar surface area (TPSA) is 81.2 Å². The van der Waals surface area contributed by atoms with Crippen LogP contribution in [0.4, 0.5) is 5.13 Å². The molecule has 0 saturated heterocycles. The van der Waals surface area contributed by atoms with Crippen LogP contribution in [0.3, 0.4) is 0 Å². The maximum absolute atomic E-state index is 11.6. The Morgan fingerprint density at radius 2 is 2.53 bits per heavy atom. The van der Waals surface area contributed by atoms with Gasteiger partial charge in [0.1, 0.15) is 5.69 Å². The van der Waals surface area contributed by atoms with Crippen LogP contribution in [-0.4, -0.2) is 17.4 Å². The molecule has 1 unspecified atom stereocenters. The number of nitrogens with two attached hydrogens (primary N) is 1. The van der Waals surface area contributed by atoms with Crippen LogP contribution in [0.5, 0.6) is 0 Å². The van der Waals surface area contributed by atoms with E-state index in [-0.39, 0.29) is 11.8 Å². The van der Waals surface area contributed by atoms with Crippen LogP contribution in [0.2, 0.25) is 0 Å². The van der Waals surface area contributed by atoms with Crippen molar-refractivity contribution in [3.05, 3.63) is 23.8 Å². The van der Waals surface area contributed by atoms with Crippen LogP contribution in [0.15, 0.2) is 28.2 Å². The minimum atomic E-state index is -0.217. The smallest absolute Gasteiger partial charge is 0.230 e. The van der Waals surface area contributed by atoms with Gasteiger partial charge in [-0.3, -0.25) is 4.79 Å². The summed E-state index contributed by atoms with van der Waals surface area (Å²) in [5, 5.41) is 5.11. The molecule has 0 aliphatic heterocycles. The van der Waals surface area contributed by atoms with E-state index in [0.717, 1.165) is 5.69 Å². The number of amides is 1. The lowest BCUT2D eigenvalue weighted by atomic mass is 10.2. The van der Waals surface area contributed by atoms with E-state index >= 15 is 0 Å². The second kappa shape index (κ2) is 5.11. The number of nitrogens with one attached hydrogen (secondary N) is 1. The number of carbonyl (C=O) groups is 1. The van der Waals surface area contributed by atoms with Crippen LogP contribution in [0, 0.1) is 5.92 Å². The van der Waals surface area contributed by atoms with E-state index in [9.17, 15) is 4.79 Å². The second-order valence-electron chi connectivity index (χ2n) is 3.64. The molecule has 1 amide bonds. The third-order valence-electron chi connectivity index (χ3n) is 2.31. The van der Waals surface area contributed by atoms with Gasteiger partial charge in [-0.25, -0.2) is 4.98 Å². The Morgan fingerprint density at radius 1 is 1.71 bits per heavy atom. The van der Waals surface area contributed by atoms with Crippen LogP contribution in [0.25, 0.3) is 11.5 Å². The summed E-state index contributed by atoms with van der Waals surface area (Å²) >= 11 is 1.36. The van der Waals surface area contributed by atoms with Gasteiger partial charge >= 0.3 is 0 Å². The predicted octanol–water partition coefficient (Wildman–Crippen LogP) is 1.94. The minimum absolute atomic E-state index is 0.118. The van der Waals surface area contributed by atoms with Crippen molar-refractivity contribution in [1.82, 2.24) is 4.98 Å². The van der Waals surface area contributed by atoms with Crippen LogP contribution in [-0.2, 0) is 4.79 Å². The van der Waals surface area contributed by atoms with E-state index < -0.39 is 0 Å². The molecule has 0 aromatic carbocycles. The number of carbonyl (C=O) groups excluding carboxylic acids is 1. The van der Waals surface area contributed by atoms with Gasteiger partial charge in [0.05, 0.1) is 6.26 Å². The number of hydrogen-bond acceptors (Lipinski definition) is 5. The zero-order valence-electron chi connectivity index (χ0n) is 9.34. The number of nitrogens with zero attached hydrogens (tertiary/aromatic N) is 1. The Kier molecular flexibility index (Phi) is 3.55. The molecule has 3 N–H and O–H groups in total. The van der Waals surface area contributed by atoms with E-state index in [1.807, 2.05) is 11.4 Å². The molecule has 17 heavy (non-hydrogen) atoms. The lowest BCUT2D eigenvalue weighted by molar-refractivity contribution is -0.119. The van der Waals surface area contributed by atoms with Crippen molar-refractivity contribution < 1.29 is 9.21 Å². The van der Waals surface area contributed by atoms with Gasteiger partial charge in [-0.2, -0.15) is 0 Å². The SMILES string of the molecule is CC(CN)C(=O)Nc1nc(-c2ccco2)cs1. The predicted molar refractivity (Wildman–Crippen MR) is 66.7 cm³/mol. The lowest BCUT2D eigenvalue weighted by Crippen LogP contribution is -2.26. The lowest BCUT2D eigenvalue weighted by Gasteiger charge is -2.06. The van der Waals surface area contributed by atoms with Crippen molar-refractivity contribution in [2.24, 2.45) is 11.7 Å². The summed E-state index contributed by atoms with van der Waals surface area (Å²) in [6, 6.07) is 3.62. The molecule has 90 valence electrons. The number of rotatable bonds is 4. The number of thiazole rings is 1. The maximum atomic E-state index is 11.6. The minimum Gasteiger partial charge on any atom is -0.463 e. The first-order valence-electron chi connectivity index (χ1n) is 5.21. The van der Waals surface area contributed by atoms with Crippen molar-refractivity contribution in [3.63, 3.8) is 0 Å². The van der Waals surface area contributed by atoms with Gasteiger partial charge < -0.3 is 15.5 Å². The molecule has 6 heteroatoms. The zero-order chi connectivity index (χ0) is 12.3. The third-order valence-corrected chi connectivity index (χ3v) is 3.07. The summed E-state index contributed by atoms with van der Waals surface area (Å²) in [5.74, 6) is 0.354. The average molecular weight is 251 g/mol. The van der Waals surface area contributed by atoms with Crippen molar-refractivity contribution in [2.75, 3.05) is 11.9 Å². The summed E-state index contributed by atoms with van der Waals surface area (Å²) in [6.07, 6.45) is 1.59. The van der Waals surface area contributed by atoms with E-state index in [1.165, 1.54) is 11.3 Å². The van der Waals surface area contributed by atoms with Gasteiger partial charge in [-0.1, -0.05) is 6.92 Å². The number of hydrogen-bond donors (Lipinski definition) is 2. The number of anilines is 1. The van der Waals surface area contributed by atoms with Gasteiger partial charge in [0.25, 0.3) is 0 Å². The number of aromatic nitrogens is 1. The second-order valence-corrected chi connectivity index (χ2v) is 4.50. The molecule has 0 aliphatic carbocycles. The van der Waals surface area contributed by atoms with Crippen molar-refractivity contribution in [3.8, 4) is 11.5 Å². The maximum Gasteiger partial charge on any atom is 0.230 e. The van der Waals surface area contributed by atoms with E-state index in [2.05, 4.69) is 10.3 Å². The Bertz CT molecular complexity index is 493. The fourth-order valence-electron chi connectivity index (χ4n) is 1.20. The van der Waals surface area contributed by atoms with Gasteiger partial charge in [0, 0.05) is 17.8 Å². The molecular weight excluding hydrogens is 238 g/mol. The fraction of sp³-hybridized carbons (Fsp3) is 0.273. The third kappa shape index (κ3) is 2.72. The van der Waals surface area contributed by atoms with Crippen molar-refractivity contribution in [2.45, 2.75) is 6.92 Å². The quantitative estimate of drug-likeness (QED) is 0.870. The molecule has 0 bridgehead atoms. The first kappa shape index (κ1) is 11.8. The summed E-state index contributed by atoms with van der Waals surface area (Å²) < 4.78 is 5.22. The number of furan rings is 1. The Morgan fingerprint density at radius 3 is 3.18 bits per heavy atom. The highest BCUT2D eigenvalue weighted by molar-refractivity contribution is 7.14. The summed E-state index contributed by atoms with van der Waals surface area (Å²) in [6.45, 7) is 2.10. The van der Waals surface area contributed by atoms with Gasteiger partial charge in [-0.15, -0.1) is 11.3 Å². The highest BCUT2D eigenvalue weighted by atomic mass is 32.1. The van der Waals surface area contributed by atoms with Crippen LogP contribution < -0.4 is 11.1 Å².